The Morgan fingerprint density at radius 3 is 1.84 bits per heavy atom. The van der Waals surface area contributed by atoms with Crippen molar-refractivity contribution in [2.24, 2.45) is 11.7 Å². The van der Waals surface area contributed by atoms with Gasteiger partial charge in [0.1, 0.15) is 0 Å². The first-order valence-electron chi connectivity index (χ1n) is 19.7. The summed E-state index contributed by atoms with van der Waals surface area (Å²) in [6.07, 6.45) is 20.3. The molecule has 3 aromatic carbocycles. The molecule has 0 aliphatic heterocycles. The SMILES string of the molecule is CC(C(=O)Nc1ccc(S(=O)(=O)NC(=O)CCC/C=C\CCCCCCC/C=C\CCC[C@H](O)CN)cc1)C(C)(C)c1ccc(C(=O)c2ccccc2)cc1. The van der Waals surface area contributed by atoms with E-state index in [1.54, 1.807) is 24.3 Å². The molecule has 5 N–H and O–H groups in total. The number of unbranched alkanes of at least 4 members (excludes halogenated alkanes) is 8. The van der Waals surface area contributed by atoms with Crippen molar-refractivity contribution in [2.45, 2.75) is 121 Å². The van der Waals surface area contributed by atoms with Crippen LogP contribution >= 0.6 is 0 Å². The van der Waals surface area contributed by atoms with E-state index < -0.39 is 27.3 Å². The number of hydrogen-bond acceptors (Lipinski definition) is 7. The van der Waals surface area contributed by atoms with Gasteiger partial charge < -0.3 is 16.2 Å². The molecule has 0 bridgehead atoms. The Labute approximate surface area is 328 Å². The summed E-state index contributed by atoms with van der Waals surface area (Å²) in [5.41, 5.74) is 7.36. The van der Waals surface area contributed by atoms with Crippen LogP contribution in [0.5, 0.6) is 0 Å². The van der Waals surface area contributed by atoms with Crippen molar-refractivity contribution >= 4 is 33.3 Å². The van der Waals surface area contributed by atoms with Gasteiger partial charge in [-0.2, -0.15) is 0 Å². The second-order valence-electron chi connectivity index (χ2n) is 14.8. The van der Waals surface area contributed by atoms with Crippen molar-refractivity contribution < 1.29 is 27.9 Å². The van der Waals surface area contributed by atoms with Crippen molar-refractivity contribution in [1.82, 2.24) is 4.72 Å². The van der Waals surface area contributed by atoms with Gasteiger partial charge in [-0.25, -0.2) is 13.1 Å². The van der Waals surface area contributed by atoms with Crippen LogP contribution in [0.25, 0.3) is 0 Å². The molecule has 9 nitrogen and oxygen atoms in total. The summed E-state index contributed by atoms with van der Waals surface area (Å²) >= 11 is 0. The molecular weight excluding hydrogens is 711 g/mol. The highest BCUT2D eigenvalue weighted by Crippen LogP contribution is 2.33. The average Bonchev–Trinajstić information content (AvgIpc) is 3.18. The number of carbonyl (C=O) groups is 3. The summed E-state index contributed by atoms with van der Waals surface area (Å²) in [4.78, 5) is 38.4. The van der Waals surface area contributed by atoms with Gasteiger partial charge in [0.05, 0.1) is 11.0 Å². The molecule has 0 aromatic heterocycles. The zero-order chi connectivity index (χ0) is 40.1. The standard InChI is InChI=1S/C45H61N3O6S/c1-35(45(2,3)38-28-26-37(27-29-38)43(51)36-22-18-17-19-23-36)44(52)47-39-30-32-41(33-31-39)55(53,54)48-42(50)25-21-16-14-12-10-8-6-4-5-7-9-11-13-15-20-24-40(49)34-46/h11-14,17-19,22-23,26-33,35,40,49H,4-10,15-16,20-21,24-25,34,46H2,1-3H3,(H,47,52)(H,48,50)/b13-11-,14-12-/t35?,40-/m0/s1. The smallest absolute Gasteiger partial charge is 0.264 e. The van der Waals surface area contributed by atoms with Crippen molar-refractivity contribution in [2.75, 3.05) is 11.9 Å². The number of hydrogen-bond donors (Lipinski definition) is 4. The highest BCUT2D eigenvalue weighted by atomic mass is 32.2. The fourth-order valence-corrected chi connectivity index (χ4v) is 7.12. The Kier molecular flexibility index (Phi) is 19.2. The monoisotopic (exact) mass is 771 g/mol. The maximum atomic E-state index is 13.3. The largest absolute Gasteiger partial charge is 0.392 e. The molecular formula is C45H61N3O6S. The summed E-state index contributed by atoms with van der Waals surface area (Å²) in [7, 11) is -4.05. The number of carbonyl (C=O) groups excluding carboxylic acids is 3. The minimum absolute atomic E-state index is 0.0655. The summed E-state index contributed by atoms with van der Waals surface area (Å²) in [5, 5.41) is 12.3. The molecule has 0 aliphatic carbocycles. The van der Waals surface area contributed by atoms with Gasteiger partial charge in [-0.15, -0.1) is 0 Å². The highest BCUT2D eigenvalue weighted by molar-refractivity contribution is 7.90. The average molecular weight is 772 g/mol. The van der Waals surface area contributed by atoms with Crippen molar-refractivity contribution in [3.8, 4) is 0 Å². The number of aliphatic hydroxyl groups excluding tert-OH is 1. The number of nitrogens with one attached hydrogen (secondary N) is 2. The summed E-state index contributed by atoms with van der Waals surface area (Å²) in [6, 6.07) is 22.1. The van der Waals surface area contributed by atoms with Gasteiger partial charge in [0, 0.05) is 41.1 Å². The third-order valence-corrected chi connectivity index (χ3v) is 11.5. The van der Waals surface area contributed by atoms with E-state index in [-0.39, 0.29) is 29.1 Å². The lowest BCUT2D eigenvalue weighted by molar-refractivity contribution is -0.121. The number of rotatable bonds is 25. The fraction of sp³-hybridized carbons (Fsp3) is 0.444. The van der Waals surface area contributed by atoms with Crippen LogP contribution in [0.1, 0.15) is 126 Å². The number of benzene rings is 3. The number of nitrogens with two attached hydrogens (primary N) is 1. The summed E-state index contributed by atoms with van der Waals surface area (Å²) in [6.45, 7) is 6.09. The third kappa shape index (κ3) is 15.7. The molecule has 298 valence electrons. The Balaban J connectivity index is 1.32. The van der Waals surface area contributed by atoms with Crippen LogP contribution in [0.2, 0.25) is 0 Å². The molecule has 3 aromatic rings. The zero-order valence-corrected chi connectivity index (χ0v) is 33.7. The predicted octanol–water partition coefficient (Wildman–Crippen LogP) is 8.78. The van der Waals surface area contributed by atoms with Gasteiger partial charge in [-0.1, -0.05) is 119 Å². The first kappa shape index (κ1) is 45.0. The molecule has 1 unspecified atom stereocenters. The van der Waals surface area contributed by atoms with Gasteiger partial charge in [0.15, 0.2) is 5.78 Å². The van der Waals surface area contributed by atoms with Crippen LogP contribution in [-0.4, -0.2) is 43.8 Å². The van der Waals surface area contributed by atoms with E-state index in [4.69, 9.17) is 5.73 Å². The van der Waals surface area contributed by atoms with Crippen molar-refractivity contribution in [3.05, 3.63) is 120 Å². The molecule has 2 atom stereocenters. The minimum atomic E-state index is -4.05. The molecule has 0 fully saturated rings. The maximum Gasteiger partial charge on any atom is 0.264 e. The van der Waals surface area contributed by atoms with E-state index in [1.165, 1.54) is 49.9 Å². The van der Waals surface area contributed by atoms with Crippen LogP contribution in [-0.2, 0) is 25.0 Å². The predicted molar refractivity (Wildman–Crippen MR) is 222 cm³/mol. The molecule has 0 saturated carbocycles. The number of sulfonamides is 1. The molecule has 0 heterocycles. The van der Waals surface area contributed by atoms with Crippen LogP contribution in [0.4, 0.5) is 5.69 Å². The van der Waals surface area contributed by atoms with Gasteiger partial charge in [0.2, 0.25) is 11.8 Å². The molecule has 2 amide bonds. The van der Waals surface area contributed by atoms with Gasteiger partial charge in [0.25, 0.3) is 10.0 Å². The normalized spacial score (nSPS) is 13.2. The molecule has 0 radical (unpaired) electrons. The lowest BCUT2D eigenvalue weighted by atomic mass is 9.73. The first-order chi connectivity index (χ1) is 26.3. The van der Waals surface area contributed by atoms with Crippen LogP contribution in [0.15, 0.2) is 108 Å². The second kappa shape index (κ2) is 23.5. The Morgan fingerprint density at radius 2 is 1.25 bits per heavy atom. The van der Waals surface area contributed by atoms with Gasteiger partial charge in [-0.3, -0.25) is 14.4 Å². The number of anilines is 1. The quantitative estimate of drug-likeness (QED) is 0.0381. The highest BCUT2D eigenvalue weighted by Gasteiger charge is 2.33. The van der Waals surface area contributed by atoms with E-state index in [1.807, 2.05) is 51.1 Å². The molecule has 0 spiro atoms. The van der Waals surface area contributed by atoms with E-state index in [0.29, 0.717) is 36.2 Å². The van der Waals surface area contributed by atoms with Gasteiger partial charge >= 0.3 is 0 Å². The maximum absolute atomic E-state index is 13.3. The number of amides is 2. The molecule has 0 saturated heterocycles. The number of aliphatic hydroxyl groups is 1. The van der Waals surface area contributed by atoms with E-state index >= 15 is 0 Å². The first-order valence-corrected chi connectivity index (χ1v) is 21.2. The van der Waals surface area contributed by atoms with E-state index in [0.717, 1.165) is 44.1 Å². The number of allylic oxidation sites excluding steroid dienone is 4. The van der Waals surface area contributed by atoms with Crippen LogP contribution < -0.4 is 15.8 Å². The Hall–Kier alpha value is -4.38. The topological polar surface area (TPSA) is 156 Å². The third-order valence-electron chi connectivity index (χ3n) is 10.1. The molecule has 0 aliphatic rings. The lowest BCUT2D eigenvalue weighted by Crippen LogP contribution is -2.36. The lowest BCUT2D eigenvalue weighted by Gasteiger charge is -2.31. The van der Waals surface area contributed by atoms with Gasteiger partial charge in [-0.05, 0) is 87.6 Å². The minimum Gasteiger partial charge on any atom is -0.392 e. The van der Waals surface area contributed by atoms with E-state index in [2.05, 4.69) is 34.3 Å². The van der Waals surface area contributed by atoms with E-state index in [9.17, 15) is 27.9 Å². The zero-order valence-electron chi connectivity index (χ0n) is 32.8. The van der Waals surface area contributed by atoms with Crippen LogP contribution in [0, 0.1) is 5.92 Å². The van der Waals surface area contributed by atoms with Crippen molar-refractivity contribution in [3.63, 3.8) is 0 Å². The Bertz CT molecular complexity index is 1790. The summed E-state index contributed by atoms with van der Waals surface area (Å²) in [5.74, 6) is -1.33. The molecule has 10 heteroatoms. The molecule has 55 heavy (non-hydrogen) atoms. The number of ketones is 1. The second-order valence-corrected chi connectivity index (χ2v) is 16.4. The van der Waals surface area contributed by atoms with Crippen molar-refractivity contribution in [1.29, 1.82) is 0 Å². The molecule has 3 rings (SSSR count). The Morgan fingerprint density at radius 1 is 0.727 bits per heavy atom. The summed E-state index contributed by atoms with van der Waals surface area (Å²) < 4.78 is 27.9. The fourth-order valence-electron chi connectivity index (χ4n) is 6.11. The van der Waals surface area contributed by atoms with Crippen LogP contribution in [0.3, 0.4) is 0 Å².